The second-order valence-electron chi connectivity index (χ2n) is 5.38. The maximum Gasteiger partial charge on any atom is 0.289 e. The van der Waals surface area contributed by atoms with Gasteiger partial charge in [0.15, 0.2) is 5.76 Å². The number of rotatable bonds is 3. The molecule has 7 heteroatoms. The summed E-state index contributed by atoms with van der Waals surface area (Å²) in [7, 11) is 1.83. The van der Waals surface area contributed by atoms with Gasteiger partial charge >= 0.3 is 0 Å². The molecule has 0 radical (unpaired) electrons. The fraction of sp³-hybridized carbons (Fsp3) is 0.312. The first-order valence-electron chi connectivity index (χ1n) is 7.42. The van der Waals surface area contributed by atoms with Crippen molar-refractivity contribution in [1.82, 2.24) is 19.6 Å². The van der Waals surface area contributed by atoms with Gasteiger partial charge in [0.25, 0.3) is 5.91 Å². The highest BCUT2D eigenvalue weighted by Gasteiger charge is 2.25. The predicted molar refractivity (Wildman–Crippen MR) is 83.4 cm³/mol. The third-order valence-electron chi connectivity index (χ3n) is 3.75. The molecule has 0 aromatic carbocycles. The largest absolute Gasteiger partial charge is 0.459 e. The minimum absolute atomic E-state index is 0.0565. The quantitative estimate of drug-likeness (QED) is 0.793. The Labute approximate surface area is 133 Å². The molecule has 120 valence electrons. The lowest BCUT2D eigenvalue weighted by molar-refractivity contribution is -0.127. The number of aromatic nitrogens is 2. The molecular formula is C16H18N4O3. The summed E-state index contributed by atoms with van der Waals surface area (Å²) in [6, 6.07) is 3.34. The van der Waals surface area contributed by atoms with Gasteiger partial charge < -0.3 is 14.2 Å². The molecule has 1 saturated heterocycles. The topological polar surface area (TPSA) is 71.6 Å². The van der Waals surface area contributed by atoms with E-state index in [0.717, 1.165) is 5.56 Å². The van der Waals surface area contributed by atoms with Crippen molar-refractivity contribution in [2.75, 3.05) is 26.2 Å². The smallest absolute Gasteiger partial charge is 0.289 e. The summed E-state index contributed by atoms with van der Waals surface area (Å²) < 4.78 is 6.81. The maximum atomic E-state index is 12.2. The van der Waals surface area contributed by atoms with Crippen LogP contribution < -0.4 is 0 Å². The van der Waals surface area contributed by atoms with E-state index in [1.807, 2.05) is 13.2 Å². The second kappa shape index (κ2) is 6.51. The van der Waals surface area contributed by atoms with Crippen molar-refractivity contribution in [3.8, 4) is 0 Å². The molecule has 2 aromatic heterocycles. The van der Waals surface area contributed by atoms with Crippen molar-refractivity contribution in [2.24, 2.45) is 7.05 Å². The number of piperazine rings is 1. The molecule has 2 aromatic rings. The molecular weight excluding hydrogens is 296 g/mol. The summed E-state index contributed by atoms with van der Waals surface area (Å²) in [6.45, 7) is 2.04. The zero-order valence-corrected chi connectivity index (χ0v) is 12.9. The van der Waals surface area contributed by atoms with E-state index >= 15 is 0 Å². The molecule has 0 unspecified atom stereocenters. The van der Waals surface area contributed by atoms with Gasteiger partial charge in [0.1, 0.15) is 0 Å². The van der Waals surface area contributed by atoms with E-state index in [-0.39, 0.29) is 11.8 Å². The number of furan rings is 1. The molecule has 1 aliphatic heterocycles. The minimum Gasteiger partial charge on any atom is -0.459 e. The van der Waals surface area contributed by atoms with Gasteiger partial charge in [-0.1, -0.05) is 0 Å². The van der Waals surface area contributed by atoms with Crippen LogP contribution >= 0.6 is 0 Å². The lowest BCUT2D eigenvalue weighted by Crippen LogP contribution is -2.50. The van der Waals surface area contributed by atoms with E-state index in [2.05, 4.69) is 5.10 Å². The minimum atomic E-state index is -0.131. The molecule has 2 amide bonds. The van der Waals surface area contributed by atoms with Crippen LogP contribution in [0.2, 0.25) is 0 Å². The van der Waals surface area contributed by atoms with Gasteiger partial charge in [-0.25, -0.2) is 0 Å². The van der Waals surface area contributed by atoms with Gasteiger partial charge in [0.05, 0.1) is 12.5 Å². The van der Waals surface area contributed by atoms with Crippen LogP contribution in [0.1, 0.15) is 16.1 Å². The fourth-order valence-electron chi connectivity index (χ4n) is 2.49. The van der Waals surface area contributed by atoms with Gasteiger partial charge in [-0.2, -0.15) is 5.10 Å². The van der Waals surface area contributed by atoms with Gasteiger partial charge in [0.2, 0.25) is 5.91 Å². The molecule has 1 fully saturated rings. The lowest BCUT2D eigenvalue weighted by atomic mass is 10.2. The Balaban J connectivity index is 1.53. The number of nitrogens with zero attached hydrogens (tertiary/aromatic N) is 4. The Morgan fingerprint density at radius 2 is 1.96 bits per heavy atom. The van der Waals surface area contributed by atoms with Crippen molar-refractivity contribution in [2.45, 2.75) is 0 Å². The average Bonchev–Trinajstić information content (AvgIpc) is 3.24. The van der Waals surface area contributed by atoms with Crippen molar-refractivity contribution in [3.63, 3.8) is 0 Å². The molecule has 1 aliphatic rings. The zero-order valence-electron chi connectivity index (χ0n) is 12.9. The first-order chi connectivity index (χ1) is 11.1. The summed E-state index contributed by atoms with van der Waals surface area (Å²) in [5.41, 5.74) is 0.882. The van der Waals surface area contributed by atoms with Crippen LogP contribution in [-0.4, -0.2) is 57.6 Å². The molecule has 0 spiro atoms. The number of hydrogen-bond donors (Lipinski definition) is 0. The Morgan fingerprint density at radius 1 is 1.22 bits per heavy atom. The van der Waals surface area contributed by atoms with Crippen LogP contribution in [0.3, 0.4) is 0 Å². The molecule has 0 N–H and O–H groups in total. The van der Waals surface area contributed by atoms with Crippen molar-refractivity contribution in [1.29, 1.82) is 0 Å². The second-order valence-corrected chi connectivity index (χ2v) is 5.38. The summed E-state index contributed by atoms with van der Waals surface area (Å²) in [5.74, 6) is 0.146. The molecule has 7 nitrogen and oxygen atoms in total. The third kappa shape index (κ3) is 3.50. The Bertz CT molecular complexity index is 710. The van der Waals surface area contributed by atoms with Gasteiger partial charge in [-0.15, -0.1) is 0 Å². The van der Waals surface area contributed by atoms with Gasteiger partial charge in [-0.05, 0) is 18.2 Å². The van der Waals surface area contributed by atoms with Crippen molar-refractivity contribution in [3.05, 3.63) is 48.2 Å². The maximum absolute atomic E-state index is 12.2. The van der Waals surface area contributed by atoms with Crippen LogP contribution in [-0.2, 0) is 11.8 Å². The van der Waals surface area contributed by atoms with Crippen LogP contribution in [0.5, 0.6) is 0 Å². The van der Waals surface area contributed by atoms with E-state index in [1.54, 1.807) is 45.0 Å². The Kier molecular flexibility index (Phi) is 4.27. The van der Waals surface area contributed by atoms with Crippen LogP contribution in [0.4, 0.5) is 0 Å². The normalized spacial score (nSPS) is 15.3. The molecule has 0 saturated carbocycles. The SMILES string of the molecule is Cn1cc(C=CC(=O)N2CCN(C(=O)c3ccco3)CC2)cn1. The molecule has 0 atom stereocenters. The van der Waals surface area contributed by atoms with E-state index in [0.29, 0.717) is 31.9 Å². The molecule has 23 heavy (non-hydrogen) atoms. The zero-order chi connectivity index (χ0) is 16.2. The standard InChI is InChI=1S/C16H18N4O3/c1-18-12-13(11-17-18)4-5-15(21)19-6-8-20(9-7-19)16(22)14-3-2-10-23-14/h2-5,10-12H,6-9H2,1H3. The molecule has 0 bridgehead atoms. The first kappa shape index (κ1) is 15.1. The summed E-state index contributed by atoms with van der Waals surface area (Å²) in [5, 5.41) is 4.05. The van der Waals surface area contributed by atoms with E-state index in [4.69, 9.17) is 4.42 Å². The van der Waals surface area contributed by atoms with Crippen molar-refractivity contribution < 1.29 is 14.0 Å². The molecule has 3 heterocycles. The van der Waals surface area contributed by atoms with E-state index < -0.39 is 0 Å². The number of carbonyl (C=O) groups is 2. The average molecular weight is 314 g/mol. The summed E-state index contributed by atoms with van der Waals surface area (Å²) in [6.07, 6.45) is 8.31. The Hall–Kier alpha value is -2.83. The van der Waals surface area contributed by atoms with Crippen LogP contribution in [0.15, 0.2) is 41.3 Å². The highest BCUT2D eigenvalue weighted by Crippen LogP contribution is 2.10. The predicted octanol–water partition coefficient (Wildman–Crippen LogP) is 1.01. The highest BCUT2D eigenvalue weighted by molar-refractivity contribution is 5.93. The molecule has 0 aliphatic carbocycles. The summed E-state index contributed by atoms with van der Waals surface area (Å²) >= 11 is 0. The monoisotopic (exact) mass is 314 g/mol. The number of hydrogen-bond acceptors (Lipinski definition) is 4. The summed E-state index contributed by atoms with van der Waals surface area (Å²) in [4.78, 5) is 27.8. The number of carbonyl (C=O) groups excluding carboxylic acids is 2. The highest BCUT2D eigenvalue weighted by atomic mass is 16.3. The Morgan fingerprint density at radius 3 is 2.57 bits per heavy atom. The van der Waals surface area contributed by atoms with Crippen LogP contribution in [0, 0.1) is 0 Å². The van der Waals surface area contributed by atoms with E-state index in [9.17, 15) is 9.59 Å². The van der Waals surface area contributed by atoms with Crippen molar-refractivity contribution >= 4 is 17.9 Å². The third-order valence-corrected chi connectivity index (χ3v) is 3.75. The molecule has 3 rings (SSSR count). The van der Waals surface area contributed by atoms with E-state index in [1.165, 1.54) is 6.26 Å². The van der Waals surface area contributed by atoms with Gasteiger partial charge in [0, 0.05) is 51.1 Å². The number of aryl methyl sites for hydroxylation is 1. The first-order valence-corrected chi connectivity index (χ1v) is 7.42. The lowest BCUT2D eigenvalue weighted by Gasteiger charge is -2.33. The van der Waals surface area contributed by atoms with Gasteiger partial charge in [-0.3, -0.25) is 14.3 Å². The van der Waals surface area contributed by atoms with Crippen LogP contribution in [0.25, 0.3) is 6.08 Å². The fourth-order valence-corrected chi connectivity index (χ4v) is 2.49. The number of amides is 2.